The van der Waals surface area contributed by atoms with Crippen LogP contribution in [-0.4, -0.2) is 4.57 Å². The lowest BCUT2D eigenvalue weighted by molar-refractivity contribution is 0.574. The highest BCUT2D eigenvalue weighted by Gasteiger charge is 2.19. The van der Waals surface area contributed by atoms with Crippen molar-refractivity contribution in [3.05, 3.63) is 46.4 Å². The van der Waals surface area contributed by atoms with Gasteiger partial charge in [-0.05, 0) is 28.9 Å². The molecule has 0 aliphatic carbocycles. The molecule has 0 N–H and O–H groups in total. The van der Waals surface area contributed by atoms with Crippen molar-refractivity contribution in [1.82, 2.24) is 4.57 Å². The number of fused-ring (bicyclic) bond motifs is 1. The highest BCUT2D eigenvalue weighted by Crippen LogP contribution is 2.28. The minimum Gasteiger partial charge on any atom is -0.315 e. The summed E-state index contributed by atoms with van der Waals surface area (Å²) in [6.45, 7) is 9.45. The number of hydrogen-bond donors (Lipinski definition) is 0. The van der Waals surface area contributed by atoms with Crippen molar-refractivity contribution in [2.45, 2.75) is 46.1 Å². The standard InChI is InChI=1S/C16H21NO/c1-5-10-17-11-14(16(2,3)4)12-8-6-7-9-13(12)15(17)18/h6-9,11H,5,10H2,1-4H3. The summed E-state index contributed by atoms with van der Waals surface area (Å²) in [5.74, 6) is 0. The van der Waals surface area contributed by atoms with Gasteiger partial charge in [-0.2, -0.15) is 0 Å². The van der Waals surface area contributed by atoms with Gasteiger partial charge in [0.15, 0.2) is 0 Å². The van der Waals surface area contributed by atoms with Gasteiger partial charge in [-0.1, -0.05) is 45.9 Å². The van der Waals surface area contributed by atoms with Gasteiger partial charge in [0, 0.05) is 18.1 Å². The van der Waals surface area contributed by atoms with Crippen molar-refractivity contribution >= 4 is 10.8 Å². The maximum atomic E-state index is 12.4. The van der Waals surface area contributed by atoms with Crippen LogP contribution in [0.3, 0.4) is 0 Å². The second-order valence-corrected chi connectivity index (χ2v) is 5.84. The second-order valence-electron chi connectivity index (χ2n) is 5.84. The van der Waals surface area contributed by atoms with Crippen molar-refractivity contribution in [3.8, 4) is 0 Å². The molecule has 2 nitrogen and oxygen atoms in total. The Kier molecular flexibility index (Phi) is 3.29. The smallest absolute Gasteiger partial charge is 0.258 e. The van der Waals surface area contributed by atoms with E-state index in [9.17, 15) is 4.79 Å². The third-order valence-electron chi connectivity index (χ3n) is 3.27. The molecular formula is C16H21NO. The zero-order chi connectivity index (χ0) is 13.3. The molecule has 0 amide bonds. The van der Waals surface area contributed by atoms with Crippen molar-refractivity contribution in [3.63, 3.8) is 0 Å². The quantitative estimate of drug-likeness (QED) is 0.788. The lowest BCUT2D eigenvalue weighted by atomic mass is 9.85. The summed E-state index contributed by atoms with van der Waals surface area (Å²) >= 11 is 0. The van der Waals surface area contributed by atoms with Crippen molar-refractivity contribution in [1.29, 1.82) is 0 Å². The van der Waals surface area contributed by atoms with Crippen molar-refractivity contribution < 1.29 is 0 Å². The Bertz CT molecular complexity index is 617. The minimum absolute atomic E-state index is 0.0444. The van der Waals surface area contributed by atoms with Gasteiger partial charge in [0.2, 0.25) is 0 Å². The maximum absolute atomic E-state index is 12.4. The van der Waals surface area contributed by atoms with Crippen LogP contribution in [0.25, 0.3) is 10.8 Å². The summed E-state index contributed by atoms with van der Waals surface area (Å²) in [6.07, 6.45) is 3.01. The molecule has 0 aliphatic heterocycles. The fourth-order valence-corrected chi connectivity index (χ4v) is 2.35. The van der Waals surface area contributed by atoms with E-state index in [1.807, 2.05) is 35.0 Å². The molecule has 1 heterocycles. The minimum atomic E-state index is 0.0444. The molecule has 1 aromatic heterocycles. The zero-order valence-electron chi connectivity index (χ0n) is 11.7. The van der Waals surface area contributed by atoms with Crippen LogP contribution < -0.4 is 5.56 Å². The molecule has 1 aromatic carbocycles. The monoisotopic (exact) mass is 243 g/mol. The molecule has 0 unspecified atom stereocenters. The van der Waals surface area contributed by atoms with Crippen LogP contribution in [0.4, 0.5) is 0 Å². The predicted molar refractivity (Wildman–Crippen MR) is 77.2 cm³/mol. The van der Waals surface area contributed by atoms with E-state index in [4.69, 9.17) is 0 Å². The second kappa shape index (κ2) is 4.60. The lowest BCUT2D eigenvalue weighted by Gasteiger charge is -2.22. The van der Waals surface area contributed by atoms with Gasteiger partial charge in [0.1, 0.15) is 0 Å². The largest absolute Gasteiger partial charge is 0.315 e. The van der Waals surface area contributed by atoms with Crippen LogP contribution in [0, 0.1) is 0 Å². The SMILES string of the molecule is CCCn1cc(C(C)(C)C)c2ccccc2c1=O. The van der Waals surface area contributed by atoms with Crippen LogP contribution in [0.5, 0.6) is 0 Å². The summed E-state index contributed by atoms with van der Waals surface area (Å²) in [6, 6.07) is 7.92. The molecule has 0 atom stereocenters. The molecule has 0 fully saturated rings. The molecule has 0 saturated heterocycles. The van der Waals surface area contributed by atoms with Gasteiger partial charge < -0.3 is 4.57 Å². The van der Waals surface area contributed by atoms with Crippen LogP contribution in [-0.2, 0) is 12.0 Å². The van der Waals surface area contributed by atoms with Gasteiger partial charge >= 0.3 is 0 Å². The van der Waals surface area contributed by atoms with E-state index in [1.165, 1.54) is 5.56 Å². The number of aromatic nitrogens is 1. The molecule has 0 aliphatic rings. The van der Waals surface area contributed by atoms with Crippen molar-refractivity contribution in [2.75, 3.05) is 0 Å². The van der Waals surface area contributed by atoms with E-state index >= 15 is 0 Å². The number of benzene rings is 1. The van der Waals surface area contributed by atoms with Gasteiger partial charge in [0.25, 0.3) is 5.56 Å². The molecule has 0 bridgehead atoms. The fourth-order valence-electron chi connectivity index (χ4n) is 2.35. The average molecular weight is 243 g/mol. The maximum Gasteiger partial charge on any atom is 0.258 e. The Morgan fingerprint density at radius 1 is 1.11 bits per heavy atom. The highest BCUT2D eigenvalue weighted by atomic mass is 16.1. The Balaban J connectivity index is 2.85. The third-order valence-corrected chi connectivity index (χ3v) is 3.27. The average Bonchev–Trinajstić information content (AvgIpc) is 2.31. The predicted octanol–water partition coefficient (Wildman–Crippen LogP) is 3.71. The molecule has 0 saturated carbocycles. The molecule has 18 heavy (non-hydrogen) atoms. The summed E-state index contributed by atoms with van der Waals surface area (Å²) in [7, 11) is 0. The van der Waals surface area contributed by atoms with Crippen LogP contribution in [0.15, 0.2) is 35.3 Å². The molecular weight excluding hydrogens is 222 g/mol. The number of hydrogen-bond acceptors (Lipinski definition) is 1. The Hall–Kier alpha value is -1.57. The molecule has 2 rings (SSSR count). The van der Waals surface area contributed by atoms with Crippen LogP contribution in [0.1, 0.15) is 39.7 Å². The molecule has 0 spiro atoms. The van der Waals surface area contributed by atoms with Gasteiger partial charge in [-0.3, -0.25) is 4.79 Å². The summed E-state index contributed by atoms with van der Waals surface area (Å²) in [5, 5.41) is 1.92. The Morgan fingerprint density at radius 3 is 2.28 bits per heavy atom. The topological polar surface area (TPSA) is 22.0 Å². The molecule has 2 aromatic rings. The first-order chi connectivity index (χ1) is 8.45. The third kappa shape index (κ3) is 2.20. The Morgan fingerprint density at radius 2 is 1.72 bits per heavy atom. The van der Waals surface area contributed by atoms with Crippen LogP contribution in [0.2, 0.25) is 0 Å². The zero-order valence-corrected chi connectivity index (χ0v) is 11.7. The Labute approximate surface area is 108 Å². The normalized spacial score (nSPS) is 12.0. The van der Waals surface area contributed by atoms with Crippen LogP contribution >= 0.6 is 0 Å². The van der Waals surface area contributed by atoms with Gasteiger partial charge in [0.05, 0.1) is 0 Å². The first-order valence-corrected chi connectivity index (χ1v) is 6.58. The molecule has 96 valence electrons. The van der Waals surface area contributed by atoms with E-state index < -0.39 is 0 Å². The first-order valence-electron chi connectivity index (χ1n) is 6.58. The van der Waals surface area contributed by atoms with E-state index in [-0.39, 0.29) is 11.0 Å². The fraction of sp³-hybridized carbons (Fsp3) is 0.438. The van der Waals surface area contributed by atoms with E-state index in [1.54, 1.807) is 0 Å². The van der Waals surface area contributed by atoms with E-state index in [0.717, 1.165) is 23.7 Å². The summed E-state index contributed by atoms with van der Waals surface area (Å²) < 4.78 is 1.85. The first kappa shape index (κ1) is 12.9. The van der Waals surface area contributed by atoms with E-state index in [0.29, 0.717) is 0 Å². The number of rotatable bonds is 2. The van der Waals surface area contributed by atoms with Gasteiger partial charge in [-0.15, -0.1) is 0 Å². The highest BCUT2D eigenvalue weighted by molar-refractivity contribution is 5.85. The van der Waals surface area contributed by atoms with Gasteiger partial charge in [-0.25, -0.2) is 0 Å². The van der Waals surface area contributed by atoms with Crippen molar-refractivity contribution in [2.24, 2.45) is 0 Å². The number of pyridine rings is 1. The lowest BCUT2D eigenvalue weighted by Crippen LogP contribution is -2.24. The number of nitrogens with zero attached hydrogens (tertiary/aromatic N) is 1. The molecule has 0 radical (unpaired) electrons. The summed E-state index contributed by atoms with van der Waals surface area (Å²) in [4.78, 5) is 12.4. The van der Waals surface area contributed by atoms with E-state index in [2.05, 4.69) is 27.7 Å². The molecule has 2 heteroatoms. The summed E-state index contributed by atoms with van der Waals surface area (Å²) in [5.41, 5.74) is 1.41. The number of aryl methyl sites for hydroxylation is 1.